The van der Waals surface area contributed by atoms with Gasteiger partial charge in [-0.3, -0.25) is 19.2 Å². The van der Waals surface area contributed by atoms with Gasteiger partial charge in [0.15, 0.2) is 0 Å². The number of carbonyl (C=O) groups excluding carboxylic acids is 1. The first-order valence-corrected chi connectivity index (χ1v) is 11.8. The van der Waals surface area contributed by atoms with E-state index in [1.807, 2.05) is 0 Å². The van der Waals surface area contributed by atoms with Crippen molar-refractivity contribution in [2.45, 2.75) is 51.8 Å². The van der Waals surface area contributed by atoms with Crippen molar-refractivity contribution in [1.29, 1.82) is 0 Å². The van der Waals surface area contributed by atoms with Crippen molar-refractivity contribution in [3.63, 3.8) is 0 Å². The zero-order valence-corrected chi connectivity index (χ0v) is 18.8. The molecule has 0 radical (unpaired) electrons. The van der Waals surface area contributed by atoms with Crippen LogP contribution >= 0.6 is 11.8 Å². The highest BCUT2D eigenvalue weighted by Gasteiger charge is 2.33. The molecule has 0 spiro atoms. The predicted molar refractivity (Wildman–Crippen MR) is 114 cm³/mol. The van der Waals surface area contributed by atoms with E-state index >= 15 is 0 Å². The molecule has 0 aliphatic rings. The molecule has 1 amide bonds. The summed E-state index contributed by atoms with van der Waals surface area (Å²) in [5.41, 5.74) is 0.444. The summed E-state index contributed by atoms with van der Waals surface area (Å²) in [4.78, 5) is 23.3. The van der Waals surface area contributed by atoms with E-state index in [9.17, 15) is 23.3 Å². The maximum atomic E-state index is 12.7. The number of nitrogens with zero attached hydrogens (tertiary/aromatic N) is 2. The highest BCUT2D eigenvalue weighted by atomic mass is 32.2. The molecule has 0 bridgehead atoms. The van der Waals surface area contributed by atoms with Gasteiger partial charge in [-0.25, -0.2) is 8.42 Å². The number of aryl methyl sites for hydroxylation is 1. The van der Waals surface area contributed by atoms with Gasteiger partial charge in [-0.1, -0.05) is 33.8 Å². The molecule has 1 atom stereocenters. The van der Waals surface area contributed by atoms with E-state index in [1.54, 1.807) is 25.6 Å². The topological polar surface area (TPSA) is 110 Å². The summed E-state index contributed by atoms with van der Waals surface area (Å²) in [6.45, 7) is 9.99. The lowest BCUT2D eigenvalue weighted by molar-refractivity contribution is -0.384. The zero-order chi connectivity index (χ0) is 21.7. The van der Waals surface area contributed by atoms with Gasteiger partial charge in [-0.05, 0) is 18.9 Å². The Bertz CT molecular complexity index is 819. The third-order valence-electron chi connectivity index (χ3n) is 3.91. The molecule has 1 rings (SSSR count). The molecular formula is C18H29N3O5S2. The molecule has 28 heavy (non-hydrogen) atoms. The van der Waals surface area contributed by atoms with Gasteiger partial charge in [-0.2, -0.15) is 11.8 Å². The Morgan fingerprint density at radius 3 is 2.43 bits per heavy atom. The van der Waals surface area contributed by atoms with Crippen molar-refractivity contribution in [2.24, 2.45) is 0 Å². The van der Waals surface area contributed by atoms with Gasteiger partial charge >= 0.3 is 0 Å². The van der Waals surface area contributed by atoms with Gasteiger partial charge in [0.05, 0.1) is 16.9 Å². The lowest BCUT2D eigenvalue weighted by atomic mass is 10.1. The smallest absolute Gasteiger partial charge is 0.271 e. The molecule has 0 aromatic heterocycles. The zero-order valence-electron chi connectivity index (χ0n) is 17.2. The molecule has 0 heterocycles. The second kappa shape index (κ2) is 9.60. The average molecular weight is 432 g/mol. The van der Waals surface area contributed by atoms with Crippen LogP contribution in [-0.4, -0.2) is 48.6 Å². The summed E-state index contributed by atoms with van der Waals surface area (Å²) in [6, 6.07) is 3.00. The normalized spacial score (nSPS) is 13.1. The van der Waals surface area contributed by atoms with Crippen molar-refractivity contribution in [2.75, 3.05) is 22.9 Å². The lowest BCUT2D eigenvalue weighted by Gasteiger charge is -2.31. The second-order valence-electron chi connectivity index (χ2n) is 7.46. The number of carbonyl (C=O) groups is 1. The summed E-state index contributed by atoms with van der Waals surface area (Å²) in [5, 5.41) is 13.9. The number of nitro groups is 1. The van der Waals surface area contributed by atoms with E-state index in [2.05, 4.69) is 26.1 Å². The summed E-state index contributed by atoms with van der Waals surface area (Å²) in [5.74, 6) is 0.272. The fourth-order valence-corrected chi connectivity index (χ4v) is 4.71. The van der Waals surface area contributed by atoms with Crippen LogP contribution in [0.25, 0.3) is 0 Å². The van der Waals surface area contributed by atoms with Crippen molar-refractivity contribution in [3.05, 3.63) is 33.9 Å². The van der Waals surface area contributed by atoms with E-state index in [0.29, 0.717) is 17.9 Å². The Balaban J connectivity index is 3.17. The highest BCUT2D eigenvalue weighted by molar-refractivity contribution is 8.00. The van der Waals surface area contributed by atoms with E-state index in [0.717, 1.165) is 10.6 Å². The maximum Gasteiger partial charge on any atom is 0.271 e. The largest absolute Gasteiger partial charge is 0.353 e. The maximum absolute atomic E-state index is 12.7. The van der Waals surface area contributed by atoms with Crippen molar-refractivity contribution < 1.29 is 18.1 Å². The molecule has 1 unspecified atom stereocenters. The first-order chi connectivity index (χ1) is 12.8. The Hall–Kier alpha value is -1.81. The molecule has 0 saturated carbocycles. The minimum absolute atomic E-state index is 0.0633. The first kappa shape index (κ1) is 24.2. The number of nitro benzene ring substituents is 1. The number of anilines is 1. The summed E-state index contributed by atoms with van der Waals surface area (Å²) in [7, 11) is -3.85. The Labute approximate surface area is 171 Å². The Morgan fingerprint density at radius 2 is 1.96 bits per heavy atom. The first-order valence-electron chi connectivity index (χ1n) is 8.94. The highest BCUT2D eigenvalue weighted by Crippen LogP contribution is 2.30. The number of rotatable bonds is 9. The van der Waals surface area contributed by atoms with Crippen LogP contribution < -0.4 is 9.62 Å². The summed E-state index contributed by atoms with van der Waals surface area (Å²) < 4.78 is 26.1. The molecular weight excluding hydrogens is 402 g/mol. The molecule has 0 saturated heterocycles. The second-order valence-corrected chi connectivity index (χ2v) is 11.2. The van der Waals surface area contributed by atoms with Crippen LogP contribution in [-0.2, 0) is 14.8 Å². The third-order valence-corrected chi connectivity index (χ3v) is 6.35. The number of sulfonamides is 1. The number of nitrogens with one attached hydrogen (secondary N) is 1. The van der Waals surface area contributed by atoms with Crippen LogP contribution in [0.5, 0.6) is 0 Å². The summed E-state index contributed by atoms with van der Waals surface area (Å²) >= 11 is 1.69. The van der Waals surface area contributed by atoms with Crippen LogP contribution in [0.4, 0.5) is 11.4 Å². The van der Waals surface area contributed by atoms with E-state index in [1.165, 1.54) is 18.2 Å². The van der Waals surface area contributed by atoms with Gasteiger partial charge in [0.2, 0.25) is 15.9 Å². The Morgan fingerprint density at radius 1 is 1.36 bits per heavy atom. The monoisotopic (exact) mass is 431 g/mol. The predicted octanol–water partition coefficient (Wildman–Crippen LogP) is 3.10. The van der Waals surface area contributed by atoms with Crippen LogP contribution in [0.1, 0.15) is 39.7 Å². The van der Waals surface area contributed by atoms with Gasteiger partial charge in [0.1, 0.15) is 6.04 Å². The van der Waals surface area contributed by atoms with Crippen molar-refractivity contribution in [1.82, 2.24) is 5.32 Å². The molecule has 8 nitrogen and oxygen atoms in total. The molecule has 1 N–H and O–H groups in total. The number of hydrogen-bond donors (Lipinski definition) is 1. The van der Waals surface area contributed by atoms with E-state index in [4.69, 9.17) is 0 Å². The number of benzene rings is 1. The van der Waals surface area contributed by atoms with Gasteiger partial charge in [0.25, 0.3) is 5.69 Å². The van der Waals surface area contributed by atoms with Crippen molar-refractivity contribution >= 4 is 39.1 Å². The minimum Gasteiger partial charge on any atom is -0.353 e. The lowest BCUT2D eigenvalue weighted by Crippen LogP contribution is -2.50. The fourth-order valence-electron chi connectivity index (χ4n) is 2.63. The number of amides is 1. The average Bonchev–Trinajstić information content (AvgIpc) is 2.55. The van der Waals surface area contributed by atoms with Crippen molar-refractivity contribution in [3.8, 4) is 0 Å². The molecule has 10 heteroatoms. The standard InChI is InChI=1S/C18H29N3O5S2/c1-7-15(17(22)19-10-11-27-18(3,4)5)20(28(6,25)26)16-12-14(21(23)24)9-8-13(16)2/h8-9,12,15H,7,10-11H2,1-6H3,(H,19,22). The number of hydrogen-bond acceptors (Lipinski definition) is 6. The molecule has 158 valence electrons. The van der Waals surface area contributed by atoms with Gasteiger partial charge in [-0.15, -0.1) is 0 Å². The summed E-state index contributed by atoms with van der Waals surface area (Å²) in [6.07, 6.45) is 1.23. The van der Waals surface area contributed by atoms with E-state index < -0.39 is 26.9 Å². The van der Waals surface area contributed by atoms with E-state index in [-0.39, 0.29) is 22.5 Å². The van der Waals surface area contributed by atoms with Gasteiger partial charge in [0, 0.05) is 29.2 Å². The van der Waals surface area contributed by atoms with Crippen LogP contribution in [0.3, 0.4) is 0 Å². The molecule has 0 aliphatic carbocycles. The third kappa shape index (κ3) is 6.97. The SMILES string of the molecule is CCC(C(=O)NCCSC(C)(C)C)N(c1cc([N+](=O)[O-])ccc1C)S(C)(=O)=O. The van der Waals surface area contributed by atoms with Crippen LogP contribution in [0, 0.1) is 17.0 Å². The Kier molecular flexibility index (Phi) is 8.30. The molecule has 0 fully saturated rings. The molecule has 1 aromatic rings. The fraction of sp³-hybridized carbons (Fsp3) is 0.611. The molecule has 1 aromatic carbocycles. The van der Waals surface area contributed by atoms with Crippen LogP contribution in [0.2, 0.25) is 0 Å². The number of thioether (sulfide) groups is 1. The number of non-ortho nitro benzene ring substituents is 1. The molecule has 0 aliphatic heterocycles. The van der Waals surface area contributed by atoms with Crippen LogP contribution in [0.15, 0.2) is 18.2 Å². The quantitative estimate of drug-likeness (QED) is 0.365. The minimum atomic E-state index is -3.85. The van der Waals surface area contributed by atoms with Gasteiger partial charge < -0.3 is 5.32 Å².